The van der Waals surface area contributed by atoms with E-state index in [1.165, 1.54) is 65.6 Å². The summed E-state index contributed by atoms with van der Waals surface area (Å²) in [6, 6.07) is 0. The SMILES string of the molecule is C.C.C.C.C.C.C.CNC(C)=O.CNC(C)=O.COC(=O)OC.COC(C)=O.CSC(C)=O.CSC(C)=O. The predicted octanol–water partition coefficient (Wildman–Crippen LogP) is 6.33. The molecular weight excluding hydrogens is 536 g/mol. The number of hydrogen-bond donors (Lipinski definition) is 2. The van der Waals surface area contributed by atoms with Crippen molar-refractivity contribution in [2.75, 3.05) is 47.9 Å². The van der Waals surface area contributed by atoms with Gasteiger partial charge < -0.3 is 24.8 Å². The van der Waals surface area contributed by atoms with Gasteiger partial charge in [0.05, 0.1) is 21.3 Å². The lowest BCUT2D eigenvalue weighted by atomic mass is 10.7. The Balaban J connectivity index is -0.0000000173. The predicted molar refractivity (Wildman–Crippen MR) is 172 cm³/mol. The van der Waals surface area contributed by atoms with Crippen molar-refractivity contribution in [3.05, 3.63) is 0 Å². The molecule has 2 amide bonds. The van der Waals surface area contributed by atoms with E-state index in [1.54, 1.807) is 40.5 Å². The van der Waals surface area contributed by atoms with Crippen molar-refractivity contribution in [2.45, 2.75) is 86.6 Å². The maximum absolute atomic E-state index is 9.78. The molecule has 0 aromatic heterocycles. The molecule has 242 valence electrons. The second-order valence-electron chi connectivity index (χ2n) is 4.36. The largest absolute Gasteiger partial charge is 0.507 e. The summed E-state index contributed by atoms with van der Waals surface area (Å²) in [5.41, 5.74) is 0. The quantitative estimate of drug-likeness (QED) is 0.299. The van der Waals surface area contributed by atoms with Crippen molar-refractivity contribution in [1.82, 2.24) is 10.6 Å². The third-order valence-electron chi connectivity index (χ3n) is 1.90. The summed E-state index contributed by atoms with van der Waals surface area (Å²) in [6.45, 7) is 7.40. The molecule has 13 heteroatoms. The molecule has 0 spiro atoms. The van der Waals surface area contributed by atoms with Crippen LogP contribution in [0.3, 0.4) is 0 Å². The Morgan fingerprint density at radius 2 is 0.632 bits per heavy atom. The van der Waals surface area contributed by atoms with E-state index in [2.05, 4.69) is 24.8 Å². The minimum atomic E-state index is -0.657. The second-order valence-corrected chi connectivity index (χ2v) is 6.32. The van der Waals surface area contributed by atoms with E-state index in [0.29, 0.717) is 0 Å². The van der Waals surface area contributed by atoms with Crippen LogP contribution in [0.5, 0.6) is 0 Å². The van der Waals surface area contributed by atoms with Crippen LogP contribution in [0.2, 0.25) is 0 Å². The van der Waals surface area contributed by atoms with Gasteiger partial charge in [-0.1, -0.05) is 75.5 Å². The third kappa shape index (κ3) is 263. The molecule has 0 saturated carbocycles. The van der Waals surface area contributed by atoms with Crippen molar-refractivity contribution in [2.24, 2.45) is 0 Å². The summed E-state index contributed by atoms with van der Waals surface area (Å²) in [5.74, 6) is -0.236. The van der Waals surface area contributed by atoms with E-state index < -0.39 is 6.16 Å². The molecule has 0 saturated heterocycles. The highest BCUT2D eigenvalue weighted by Crippen LogP contribution is 1.88. The van der Waals surface area contributed by atoms with Crippen LogP contribution in [0.4, 0.5) is 4.79 Å². The number of methoxy groups -OCH3 is 3. The van der Waals surface area contributed by atoms with Gasteiger partial charge in [0.2, 0.25) is 11.8 Å². The number of thioether (sulfide) groups is 2. The number of nitrogens with one attached hydrogen (secondary N) is 2. The van der Waals surface area contributed by atoms with E-state index in [1.807, 2.05) is 0 Å². The molecular formula is C25H66N2O9S2. The summed E-state index contributed by atoms with van der Waals surface area (Å²) >= 11 is 2.48. The zero-order chi connectivity index (χ0) is 26.4. The van der Waals surface area contributed by atoms with E-state index in [-0.39, 0.29) is 80.0 Å². The van der Waals surface area contributed by atoms with Gasteiger partial charge in [-0.3, -0.25) is 24.0 Å². The number of rotatable bonds is 0. The Labute approximate surface area is 245 Å². The molecule has 0 unspecified atom stereocenters. The number of esters is 1. The van der Waals surface area contributed by atoms with E-state index >= 15 is 0 Å². The van der Waals surface area contributed by atoms with Crippen LogP contribution in [0.15, 0.2) is 0 Å². The lowest BCUT2D eigenvalue weighted by Gasteiger charge is -1.89. The molecule has 0 bridgehead atoms. The van der Waals surface area contributed by atoms with Gasteiger partial charge in [-0.25, -0.2) is 4.79 Å². The van der Waals surface area contributed by atoms with Gasteiger partial charge >= 0.3 is 12.1 Å². The highest BCUT2D eigenvalue weighted by Gasteiger charge is 1.88. The fourth-order valence-electron chi connectivity index (χ4n) is 0.0833. The Hall–Kier alpha value is -2.28. The maximum Gasteiger partial charge on any atom is 0.507 e. The number of carbonyl (C=O) groups is 6. The first-order valence-corrected chi connectivity index (χ1v) is 10.7. The van der Waals surface area contributed by atoms with Gasteiger partial charge in [-0.05, 0) is 12.5 Å². The van der Waals surface area contributed by atoms with Gasteiger partial charge in [0.15, 0.2) is 10.2 Å². The van der Waals surface area contributed by atoms with Crippen molar-refractivity contribution in [3.8, 4) is 0 Å². The monoisotopic (exact) mass is 602 g/mol. The summed E-state index contributed by atoms with van der Waals surface area (Å²) in [6.07, 6.45) is 2.88. The molecule has 2 N–H and O–H groups in total. The fraction of sp³-hybridized carbons (Fsp3) is 0.760. The van der Waals surface area contributed by atoms with Crippen molar-refractivity contribution < 1.29 is 43.0 Å². The average Bonchev–Trinajstić information content (AvgIpc) is 2.74. The average molecular weight is 603 g/mol. The van der Waals surface area contributed by atoms with Gasteiger partial charge in [0.25, 0.3) is 0 Å². The molecule has 0 fully saturated rings. The summed E-state index contributed by atoms with van der Waals surface area (Å²) in [4.78, 5) is 58.3. The number of hydrogen-bond acceptors (Lipinski definition) is 11. The van der Waals surface area contributed by atoms with E-state index in [9.17, 15) is 28.8 Å². The van der Waals surface area contributed by atoms with Crippen molar-refractivity contribution in [3.63, 3.8) is 0 Å². The third-order valence-corrected chi connectivity index (χ3v) is 3.05. The van der Waals surface area contributed by atoms with Crippen LogP contribution < -0.4 is 10.6 Å². The molecule has 0 rings (SSSR count). The van der Waals surface area contributed by atoms with Gasteiger partial charge in [0, 0.05) is 48.7 Å². The van der Waals surface area contributed by atoms with E-state index in [0.717, 1.165) is 0 Å². The lowest BCUT2D eigenvalue weighted by molar-refractivity contribution is -0.138. The van der Waals surface area contributed by atoms with Crippen molar-refractivity contribution >= 4 is 57.7 Å². The summed E-state index contributed by atoms with van der Waals surface area (Å²) in [7, 11) is 7.06. The number of ether oxygens (including phenoxy) is 3. The van der Waals surface area contributed by atoms with Crippen LogP contribution >= 0.6 is 23.5 Å². The Kier molecular flexibility index (Phi) is 168. The second kappa shape index (κ2) is 76.5. The normalized spacial score (nSPS) is 5.79. The first-order chi connectivity index (χ1) is 14.2. The smallest absolute Gasteiger partial charge is 0.469 e. The van der Waals surface area contributed by atoms with Crippen LogP contribution in [0, 0.1) is 0 Å². The standard InChI is InChI=1S/2C3H7NO.C3H6O3.C3H6O2.2C3H6OS.7CH4/c2*1-3(5)4-2;1-5-3(4)6-2;3*1-3(4)5-2;;;;;;;/h2*1-2H3,(H,4,5);1-2H3;3*1-2H3;7*1H4. The van der Waals surface area contributed by atoms with Crippen LogP contribution in [0.25, 0.3) is 0 Å². The fourth-order valence-corrected chi connectivity index (χ4v) is 0.0833. The molecule has 0 aliphatic heterocycles. The van der Waals surface area contributed by atoms with Gasteiger partial charge in [-0.15, -0.1) is 0 Å². The first-order valence-electron chi connectivity index (χ1n) is 8.29. The Morgan fingerprint density at radius 1 is 0.500 bits per heavy atom. The van der Waals surface area contributed by atoms with E-state index in [4.69, 9.17) is 0 Å². The van der Waals surface area contributed by atoms with Gasteiger partial charge in [-0.2, -0.15) is 0 Å². The highest BCUT2D eigenvalue weighted by molar-refractivity contribution is 8.13. The number of carbonyl (C=O) groups excluding carboxylic acids is 6. The molecule has 0 aliphatic rings. The molecule has 11 nitrogen and oxygen atoms in total. The first kappa shape index (κ1) is 83.4. The lowest BCUT2D eigenvalue weighted by Crippen LogP contribution is -2.11. The molecule has 0 aromatic rings. The topological polar surface area (TPSA) is 154 Å². The molecule has 0 radical (unpaired) electrons. The van der Waals surface area contributed by atoms with Crippen LogP contribution in [0.1, 0.15) is 86.6 Å². The molecule has 38 heavy (non-hydrogen) atoms. The Morgan fingerprint density at radius 3 is 0.632 bits per heavy atom. The molecule has 0 heterocycles. The summed E-state index contributed by atoms with van der Waals surface area (Å²) < 4.78 is 12.2. The Bertz CT molecular complexity index is 406. The van der Waals surface area contributed by atoms with Crippen LogP contribution in [-0.2, 0) is 38.2 Å². The van der Waals surface area contributed by atoms with Gasteiger partial charge in [0.1, 0.15) is 0 Å². The van der Waals surface area contributed by atoms with Crippen molar-refractivity contribution in [1.29, 1.82) is 0 Å². The zero-order valence-corrected chi connectivity index (χ0v) is 22.1. The highest BCUT2D eigenvalue weighted by atomic mass is 32.2. The minimum Gasteiger partial charge on any atom is -0.469 e. The molecule has 0 aliphatic carbocycles. The van der Waals surface area contributed by atoms with Crippen LogP contribution in [-0.4, -0.2) is 82.1 Å². The zero-order valence-electron chi connectivity index (χ0n) is 20.5. The maximum atomic E-state index is 9.78. The minimum absolute atomic E-state index is 0. The summed E-state index contributed by atoms with van der Waals surface area (Å²) in [5, 5.41) is 5.12. The molecule has 0 aromatic carbocycles. The number of amides is 2. The molecule has 0 atom stereocenters.